The second kappa shape index (κ2) is 7.25. The summed E-state index contributed by atoms with van der Waals surface area (Å²) in [5, 5.41) is 0. The molecule has 0 saturated carbocycles. The lowest BCUT2D eigenvalue weighted by Gasteiger charge is -2.25. The van der Waals surface area contributed by atoms with Gasteiger partial charge in [0, 0.05) is 0 Å². The van der Waals surface area contributed by atoms with Crippen molar-refractivity contribution in [1.82, 2.24) is 0 Å². The Morgan fingerprint density at radius 2 is 1.62 bits per heavy atom. The summed E-state index contributed by atoms with van der Waals surface area (Å²) in [7, 11) is -4.08. The Bertz CT molecular complexity index is 1020. The molecule has 0 atom stereocenters. The van der Waals surface area contributed by atoms with E-state index >= 15 is 0 Å². The lowest BCUT2D eigenvalue weighted by atomic mass is 10.2. The maximum Gasteiger partial charge on any atom is 0.264 e. The molecule has 3 rings (SSSR count). The second-order valence-electron chi connectivity index (χ2n) is 5.89. The van der Waals surface area contributed by atoms with E-state index in [1.807, 2.05) is 6.07 Å². The van der Waals surface area contributed by atoms with Crippen LogP contribution in [0.2, 0.25) is 0 Å². The van der Waals surface area contributed by atoms with Crippen LogP contribution >= 0.6 is 0 Å². The van der Waals surface area contributed by atoms with Crippen LogP contribution in [0.1, 0.15) is 11.1 Å². The molecule has 0 aliphatic rings. The Labute approximate surface area is 151 Å². The second-order valence-corrected chi connectivity index (χ2v) is 7.75. The van der Waals surface area contributed by atoms with Gasteiger partial charge in [0.25, 0.3) is 10.0 Å². The van der Waals surface area contributed by atoms with E-state index in [0.29, 0.717) is 5.56 Å². The van der Waals surface area contributed by atoms with Crippen LogP contribution in [0, 0.1) is 18.6 Å². The Hall–Kier alpha value is -2.73. The molecule has 0 N–H and O–H groups in total. The molecule has 0 aromatic heterocycles. The third-order valence-electron chi connectivity index (χ3n) is 4.00. The van der Waals surface area contributed by atoms with Gasteiger partial charge >= 0.3 is 0 Å². The molecule has 3 aromatic carbocycles. The number of aryl methyl sites for hydroxylation is 1. The van der Waals surface area contributed by atoms with Gasteiger partial charge in [0.1, 0.15) is 11.6 Å². The van der Waals surface area contributed by atoms with Crippen molar-refractivity contribution in [3.63, 3.8) is 0 Å². The summed E-state index contributed by atoms with van der Waals surface area (Å²) in [5.74, 6) is -1.16. The van der Waals surface area contributed by atoms with Crippen LogP contribution in [0.4, 0.5) is 14.5 Å². The first kappa shape index (κ1) is 18.1. The fourth-order valence-corrected chi connectivity index (χ4v) is 4.03. The highest BCUT2D eigenvalue weighted by Gasteiger charge is 2.26. The van der Waals surface area contributed by atoms with Crippen molar-refractivity contribution < 1.29 is 17.2 Å². The number of halogens is 2. The highest BCUT2D eigenvalue weighted by molar-refractivity contribution is 7.92. The van der Waals surface area contributed by atoms with Crippen molar-refractivity contribution in [2.75, 3.05) is 4.31 Å². The van der Waals surface area contributed by atoms with Gasteiger partial charge in [-0.3, -0.25) is 4.31 Å². The summed E-state index contributed by atoms with van der Waals surface area (Å²) in [4.78, 5) is -0.186. The van der Waals surface area contributed by atoms with E-state index in [0.717, 1.165) is 15.9 Å². The zero-order valence-corrected chi connectivity index (χ0v) is 14.9. The maximum atomic E-state index is 14.1. The number of benzene rings is 3. The molecule has 3 nitrogen and oxygen atoms in total. The highest BCUT2D eigenvalue weighted by Crippen LogP contribution is 2.27. The van der Waals surface area contributed by atoms with Crippen LogP contribution in [0.3, 0.4) is 0 Å². The smallest absolute Gasteiger partial charge is 0.262 e. The first-order valence-electron chi connectivity index (χ1n) is 7.96. The largest absolute Gasteiger partial charge is 0.264 e. The molecule has 0 saturated heterocycles. The summed E-state index contributed by atoms with van der Waals surface area (Å²) in [5.41, 5.74) is 1.33. The summed E-state index contributed by atoms with van der Waals surface area (Å²) >= 11 is 0. The molecule has 0 heterocycles. The topological polar surface area (TPSA) is 37.4 Å². The number of sulfonamides is 1. The molecule has 6 heteroatoms. The van der Waals surface area contributed by atoms with Gasteiger partial charge in [0.05, 0.1) is 17.1 Å². The highest BCUT2D eigenvalue weighted by atomic mass is 32.2. The molecule has 0 aliphatic heterocycles. The van der Waals surface area contributed by atoms with Gasteiger partial charge in [-0.05, 0) is 48.4 Å². The zero-order valence-electron chi connectivity index (χ0n) is 14.1. The van der Waals surface area contributed by atoms with Gasteiger partial charge in [0.2, 0.25) is 0 Å². The van der Waals surface area contributed by atoms with Gasteiger partial charge in [-0.25, -0.2) is 17.2 Å². The number of hydrogen-bond acceptors (Lipinski definition) is 2. The normalized spacial score (nSPS) is 11.3. The summed E-state index contributed by atoms with van der Waals surface area (Å²) in [6.07, 6.45) is 0. The van der Waals surface area contributed by atoms with Crippen LogP contribution in [-0.4, -0.2) is 8.42 Å². The SMILES string of the molecule is Cc1ccc(N(Cc2ccccc2)S(=O)(=O)c2cccc(F)c2)cc1F. The van der Waals surface area contributed by atoms with Crippen molar-refractivity contribution >= 4 is 15.7 Å². The van der Waals surface area contributed by atoms with Crippen LogP contribution < -0.4 is 4.31 Å². The maximum absolute atomic E-state index is 14.1. The molecule has 0 fully saturated rings. The van der Waals surface area contributed by atoms with Crippen molar-refractivity contribution in [2.24, 2.45) is 0 Å². The molecule has 0 unspecified atom stereocenters. The summed E-state index contributed by atoms with van der Waals surface area (Å²) in [6, 6.07) is 18.0. The standard InChI is InChI=1S/C20H17F2NO2S/c1-15-10-11-18(13-20(15)22)23(14-16-6-3-2-4-7-16)26(24,25)19-9-5-8-17(21)12-19/h2-13H,14H2,1H3. The van der Waals surface area contributed by atoms with Crippen molar-refractivity contribution in [2.45, 2.75) is 18.4 Å². The summed E-state index contributed by atoms with van der Waals surface area (Å²) < 4.78 is 54.9. The molecule has 26 heavy (non-hydrogen) atoms. The number of anilines is 1. The molecule has 134 valence electrons. The predicted molar refractivity (Wildman–Crippen MR) is 97.3 cm³/mol. The zero-order chi connectivity index (χ0) is 18.7. The van der Waals surface area contributed by atoms with Crippen molar-refractivity contribution in [3.05, 3.63) is 95.6 Å². The predicted octanol–water partition coefficient (Wildman–Crippen LogP) is 4.67. The van der Waals surface area contributed by atoms with Crippen LogP contribution in [0.25, 0.3) is 0 Å². The van der Waals surface area contributed by atoms with Crippen molar-refractivity contribution in [1.29, 1.82) is 0 Å². The molecule has 0 radical (unpaired) electrons. The molecular formula is C20H17F2NO2S. The first-order valence-corrected chi connectivity index (χ1v) is 9.40. The van der Waals surface area contributed by atoms with E-state index in [1.54, 1.807) is 31.2 Å². The van der Waals surface area contributed by atoms with Gasteiger partial charge in [-0.1, -0.05) is 42.5 Å². The Balaban J connectivity index is 2.11. The molecule has 0 aliphatic carbocycles. The molecule has 0 bridgehead atoms. The lowest BCUT2D eigenvalue weighted by molar-refractivity contribution is 0.585. The Morgan fingerprint density at radius 3 is 2.27 bits per heavy atom. The minimum atomic E-state index is -4.08. The lowest BCUT2D eigenvalue weighted by Crippen LogP contribution is -2.30. The van der Waals surface area contributed by atoms with Gasteiger partial charge < -0.3 is 0 Å². The van der Waals surface area contributed by atoms with Crippen molar-refractivity contribution in [3.8, 4) is 0 Å². The van der Waals surface area contributed by atoms with E-state index in [2.05, 4.69) is 0 Å². The molecule has 0 amide bonds. The number of rotatable bonds is 5. The number of hydrogen-bond donors (Lipinski definition) is 0. The van der Waals surface area contributed by atoms with E-state index in [-0.39, 0.29) is 17.1 Å². The molecule has 3 aromatic rings. The van der Waals surface area contributed by atoms with Crippen LogP contribution in [0.5, 0.6) is 0 Å². The minimum absolute atomic E-state index is 0.00217. The monoisotopic (exact) mass is 373 g/mol. The van der Waals surface area contributed by atoms with Gasteiger partial charge in [-0.15, -0.1) is 0 Å². The van der Waals surface area contributed by atoms with Gasteiger partial charge in [0.15, 0.2) is 0 Å². The van der Waals surface area contributed by atoms with Gasteiger partial charge in [-0.2, -0.15) is 0 Å². The molecule has 0 spiro atoms. The van der Waals surface area contributed by atoms with Crippen LogP contribution in [-0.2, 0) is 16.6 Å². The fourth-order valence-electron chi connectivity index (χ4n) is 2.56. The average Bonchev–Trinajstić information content (AvgIpc) is 2.63. The van der Waals surface area contributed by atoms with E-state index in [1.165, 1.54) is 36.4 Å². The third kappa shape index (κ3) is 3.75. The quantitative estimate of drug-likeness (QED) is 0.652. The Kier molecular flexibility index (Phi) is 5.04. The van der Waals surface area contributed by atoms with Crippen LogP contribution in [0.15, 0.2) is 77.7 Å². The first-order chi connectivity index (χ1) is 12.4. The minimum Gasteiger partial charge on any atom is -0.262 e. The fraction of sp³-hybridized carbons (Fsp3) is 0.100. The molecular weight excluding hydrogens is 356 g/mol. The number of nitrogens with zero attached hydrogens (tertiary/aromatic N) is 1. The van der Waals surface area contributed by atoms with E-state index < -0.39 is 21.7 Å². The third-order valence-corrected chi connectivity index (χ3v) is 5.77. The average molecular weight is 373 g/mol. The van der Waals surface area contributed by atoms with E-state index in [9.17, 15) is 17.2 Å². The summed E-state index contributed by atoms with van der Waals surface area (Å²) in [6.45, 7) is 1.60. The Morgan fingerprint density at radius 1 is 0.885 bits per heavy atom. The van der Waals surface area contributed by atoms with E-state index in [4.69, 9.17) is 0 Å².